The van der Waals surface area contributed by atoms with Crippen molar-refractivity contribution in [1.29, 1.82) is 0 Å². The fraction of sp³-hybridized carbons (Fsp3) is 0.304. The summed E-state index contributed by atoms with van der Waals surface area (Å²) >= 11 is 0. The molecule has 0 saturated carbocycles. The zero-order valence-electron chi connectivity index (χ0n) is 15.1. The van der Waals surface area contributed by atoms with E-state index < -0.39 is 0 Å². The molecule has 1 atom stereocenters. The topological polar surface area (TPSA) is 12.0 Å². The van der Waals surface area contributed by atoms with Crippen LogP contribution in [0.1, 0.15) is 31.9 Å². The van der Waals surface area contributed by atoms with Crippen molar-refractivity contribution in [3.8, 4) is 0 Å². The maximum atomic E-state index is 3.63. The van der Waals surface area contributed by atoms with Crippen molar-refractivity contribution in [3.05, 3.63) is 83.9 Å². The third-order valence-electron chi connectivity index (χ3n) is 4.11. The highest BCUT2D eigenvalue weighted by molar-refractivity contribution is 5.82. The minimum Gasteiger partial charge on any atom is -0.314 e. The van der Waals surface area contributed by atoms with Gasteiger partial charge in [0.1, 0.15) is 0 Å². The molecule has 24 heavy (non-hydrogen) atoms. The number of hydrogen-bond donors (Lipinski definition) is 1. The number of hydrogen-bond acceptors (Lipinski definition) is 1. The van der Waals surface area contributed by atoms with Gasteiger partial charge in [0.2, 0.25) is 0 Å². The van der Waals surface area contributed by atoms with Crippen LogP contribution in [0.2, 0.25) is 0 Å². The van der Waals surface area contributed by atoms with Crippen molar-refractivity contribution in [2.45, 2.75) is 39.7 Å². The summed E-state index contributed by atoms with van der Waals surface area (Å²) in [4.78, 5) is 0. The van der Waals surface area contributed by atoms with Gasteiger partial charge < -0.3 is 5.32 Å². The van der Waals surface area contributed by atoms with Crippen molar-refractivity contribution >= 4 is 10.8 Å². The van der Waals surface area contributed by atoms with Crippen LogP contribution >= 0.6 is 0 Å². The lowest BCUT2D eigenvalue weighted by Crippen LogP contribution is -2.29. The van der Waals surface area contributed by atoms with E-state index in [-0.39, 0.29) is 0 Å². The van der Waals surface area contributed by atoms with Gasteiger partial charge in [-0.1, -0.05) is 86.6 Å². The first-order chi connectivity index (χ1) is 11.8. The van der Waals surface area contributed by atoms with Crippen LogP contribution in [0, 0.1) is 0 Å². The molecule has 0 spiro atoms. The average molecular weight is 319 g/mol. The van der Waals surface area contributed by atoms with Crippen molar-refractivity contribution in [2.24, 2.45) is 0 Å². The summed E-state index contributed by atoms with van der Waals surface area (Å²) in [6.45, 7) is 7.29. The van der Waals surface area contributed by atoms with Crippen LogP contribution < -0.4 is 5.32 Å². The largest absolute Gasteiger partial charge is 0.314 e. The summed E-state index contributed by atoms with van der Waals surface area (Å²) in [6, 6.07) is 26.5. The zero-order chi connectivity index (χ0) is 17.2. The first kappa shape index (κ1) is 18.2. The summed E-state index contributed by atoms with van der Waals surface area (Å²) in [5.74, 6) is 0. The molecule has 0 aliphatic heterocycles. The summed E-state index contributed by atoms with van der Waals surface area (Å²) in [5.41, 5.74) is 2.80. The number of benzene rings is 3. The van der Waals surface area contributed by atoms with Gasteiger partial charge in [-0.3, -0.25) is 0 Å². The molecule has 1 nitrogen and oxygen atoms in total. The molecule has 3 rings (SSSR count). The summed E-state index contributed by atoms with van der Waals surface area (Å²) in [6.07, 6.45) is 2.16. The normalized spacial score (nSPS) is 11.6. The van der Waals surface area contributed by atoms with Gasteiger partial charge in [0, 0.05) is 6.04 Å². The highest BCUT2D eigenvalue weighted by Gasteiger charge is 2.04. The molecule has 0 radical (unpaired) electrons. The molecule has 0 amide bonds. The molecule has 0 aromatic heterocycles. The van der Waals surface area contributed by atoms with E-state index in [0.29, 0.717) is 6.04 Å². The Morgan fingerprint density at radius 2 is 1.42 bits per heavy atom. The second kappa shape index (κ2) is 9.89. The SMILES string of the molecule is CC.CC(Cc1ccc2ccccc2c1)NCCc1ccccc1. The van der Waals surface area contributed by atoms with Gasteiger partial charge in [0.05, 0.1) is 0 Å². The molecule has 126 valence electrons. The molecular formula is C23H29N. The van der Waals surface area contributed by atoms with Crippen LogP contribution in [0.4, 0.5) is 0 Å². The second-order valence-electron chi connectivity index (χ2n) is 5.98. The maximum Gasteiger partial charge on any atom is 0.00792 e. The van der Waals surface area contributed by atoms with Crippen LogP contribution in [0.3, 0.4) is 0 Å². The standard InChI is InChI=1S/C21H23N.C2H6/c1-17(22-14-13-18-7-3-2-4-8-18)15-19-11-12-20-9-5-6-10-21(20)16-19;1-2/h2-12,16-17,22H,13-15H2,1H3;1-2H3. The third-order valence-corrected chi connectivity index (χ3v) is 4.11. The Morgan fingerprint density at radius 3 is 2.17 bits per heavy atom. The minimum atomic E-state index is 0.491. The Balaban J connectivity index is 0.00000100. The molecule has 0 bridgehead atoms. The Kier molecular flexibility index (Phi) is 7.51. The summed E-state index contributed by atoms with van der Waals surface area (Å²) in [7, 11) is 0. The van der Waals surface area contributed by atoms with E-state index in [2.05, 4.69) is 85.0 Å². The van der Waals surface area contributed by atoms with Crippen LogP contribution in [0.25, 0.3) is 10.8 Å². The molecule has 1 N–H and O–H groups in total. The fourth-order valence-corrected chi connectivity index (χ4v) is 2.90. The zero-order valence-corrected chi connectivity index (χ0v) is 15.1. The molecule has 0 fully saturated rings. The molecule has 3 aromatic rings. The monoisotopic (exact) mass is 319 g/mol. The lowest BCUT2D eigenvalue weighted by atomic mass is 10.0. The van der Waals surface area contributed by atoms with Crippen molar-refractivity contribution in [2.75, 3.05) is 6.54 Å². The Morgan fingerprint density at radius 1 is 0.750 bits per heavy atom. The van der Waals surface area contributed by atoms with Gasteiger partial charge in [-0.05, 0) is 48.2 Å². The van der Waals surface area contributed by atoms with Crippen molar-refractivity contribution < 1.29 is 0 Å². The van der Waals surface area contributed by atoms with Crippen molar-refractivity contribution in [1.82, 2.24) is 5.32 Å². The summed E-state index contributed by atoms with van der Waals surface area (Å²) in [5, 5.41) is 6.27. The van der Waals surface area contributed by atoms with E-state index in [9.17, 15) is 0 Å². The molecule has 0 aliphatic rings. The highest BCUT2D eigenvalue weighted by atomic mass is 14.9. The highest BCUT2D eigenvalue weighted by Crippen LogP contribution is 2.16. The van der Waals surface area contributed by atoms with E-state index in [1.807, 2.05) is 13.8 Å². The van der Waals surface area contributed by atoms with E-state index in [0.717, 1.165) is 19.4 Å². The van der Waals surface area contributed by atoms with Crippen LogP contribution in [-0.2, 0) is 12.8 Å². The van der Waals surface area contributed by atoms with Crippen molar-refractivity contribution in [3.63, 3.8) is 0 Å². The molecular weight excluding hydrogens is 290 g/mol. The van der Waals surface area contributed by atoms with Gasteiger partial charge in [-0.25, -0.2) is 0 Å². The Bertz CT molecular complexity index is 718. The average Bonchev–Trinajstić information content (AvgIpc) is 2.64. The van der Waals surface area contributed by atoms with Gasteiger partial charge in [-0.2, -0.15) is 0 Å². The number of rotatable bonds is 6. The fourth-order valence-electron chi connectivity index (χ4n) is 2.90. The predicted octanol–water partition coefficient (Wildman–Crippen LogP) is 5.63. The van der Waals surface area contributed by atoms with Crippen LogP contribution in [-0.4, -0.2) is 12.6 Å². The number of nitrogens with one attached hydrogen (secondary N) is 1. The van der Waals surface area contributed by atoms with Crippen LogP contribution in [0.15, 0.2) is 72.8 Å². The molecule has 1 unspecified atom stereocenters. The molecule has 0 aliphatic carbocycles. The van der Waals surface area contributed by atoms with E-state index in [4.69, 9.17) is 0 Å². The summed E-state index contributed by atoms with van der Waals surface area (Å²) < 4.78 is 0. The second-order valence-corrected chi connectivity index (χ2v) is 5.98. The van der Waals surface area contributed by atoms with E-state index in [1.165, 1.54) is 21.9 Å². The van der Waals surface area contributed by atoms with E-state index in [1.54, 1.807) is 0 Å². The maximum absolute atomic E-state index is 3.63. The lowest BCUT2D eigenvalue weighted by Gasteiger charge is -2.14. The van der Waals surface area contributed by atoms with Gasteiger partial charge in [-0.15, -0.1) is 0 Å². The van der Waals surface area contributed by atoms with Gasteiger partial charge in [0.15, 0.2) is 0 Å². The number of fused-ring (bicyclic) bond motifs is 1. The Labute approximate surface area is 146 Å². The minimum absolute atomic E-state index is 0.491. The third kappa shape index (κ3) is 5.50. The molecule has 0 saturated heterocycles. The van der Waals surface area contributed by atoms with Gasteiger partial charge >= 0.3 is 0 Å². The molecule has 0 heterocycles. The van der Waals surface area contributed by atoms with Gasteiger partial charge in [0.25, 0.3) is 0 Å². The van der Waals surface area contributed by atoms with E-state index >= 15 is 0 Å². The Hall–Kier alpha value is -2.12. The molecule has 1 heteroatoms. The smallest absolute Gasteiger partial charge is 0.00792 e. The lowest BCUT2D eigenvalue weighted by molar-refractivity contribution is 0.548. The first-order valence-corrected chi connectivity index (χ1v) is 9.06. The van der Waals surface area contributed by atoms with Crippen LogP contribution in [0.5, 0.6) is 0 Å². The quantitative estimate of drug-likeness (QED) is 0.621. The predicted molar refractivity (Wildman–Crippen MR) is 107 cm³/mol. The molecule has 3 aromatic carbocycles. The first-order valence-electron chi connectivity index (χ1n) is 9.06.